The van der Waals surface area contributed by atoms with Crippen molar-refractivity contribution in [2.45, 2.75) is 6.18 Å². The number of carbonyl (C=O) groups excluding carboxylic acids is 1. The summed E-state index contributed by atoms with van der Waals surface area (Å²) in [6, 6.07) is 21.1. The van der Waals surface area contributed by atoms with Crippen molar-refractivity contribution in [1.82, 2.24) is 4.98 Å². The Hall–Kier alpha value is -3.45. The fourth-order valence-corrected chi connectivity index (χ4v) is 3.69. The summed E-state index contributed by atoms with van der Waals surface area (Å²) < 4.78 is 37.9. The standard InChI is InChI=1S/C23H15F3N2OS/c24-23(25,26)18-10-6-16(7-11-18)21(29)27-19-12-8-15(9-13-19)20-14-30-22(28-20)17-4-2-1-3-5-17/h1-14H,(H,27,29). The van der Waals surface area contributed by atoms with E-state index in [0.29, 0.717) is 5.69 Å². The summed E-state index contributed by atoms with van der Waals surface area (Å²) >= 11 is 1.55. The van der Waals surface area contributed by atoms with Crippen molar-refractivity contribution >= 4 is 22.9 Å². The van der Waals surface area contributed by atoms with Crippen LogP contribution in [0.1, 0.15) is 15.9 Å². The predicted octanol–water partition coefficient (Wildman–Crippen LogP) is 6.75. The Kier molecular flexibility index (Phi) is 5.37. The van der Waals surface area contributed by atoms with Gasteiger partial charge in [0.2, 0.25) is 0 Å². The van der Waals surface area contributed by atoms with Crippen LogP contribution in [-0.4, -0.2) is 10.9 Å². The number of halogens is 3. The van der Waals surface area contributed by atoms with E-state index in [1.165, 1.54) is 0 Å². The molecule has 1 amide bonds. The van der Waals surface area contributed by atoms with Crippen molar-refractivity contribution in [3.05, 3.63) is 95.4 Å². The lowest BCUT2D eigenvalue weighted by Crippen LogP contribution is -2.12. The van der Waals surface area contributed by atoms with Gasteiger partial charge in [0.1, 0.15) is 5.01 Å². The number of hydrogen-bond acceptors (Lipinski definition) is 3. The molecule has 0 radical (unpaired) electrons. The van der Waals surface area contributed by atoms with E-state index in [2.05, 4.69) is 10.3 Å². The number of anilines is 1. The summed E-state index contributed by atoms with van der Waals surface area (Å²) in [4.78, 5) is 16.9. The van der Waals surface area contributed by atoms with Gasteiger partial charge in [-0.15, -0.1) is 11.3 Å². The van der Waals surface area contributed by atoms with Gasteiger partial charge in [0, 0.05) is 27.8 Å². The lowest BCUT2D eigenvalue weighted by Gasteiger charge is -2.09. The minimum absolute atomic E-state index is 0.152. The van der Waals surface area contributed by atoms with Crippen LogP contribution in [0.5, 0.6) is 0 Å². The lowest BCUT2D eigenvalue weighted by atomic mass is 10.1. The van der Waals surface area contributed by atoms with Crippen LogP contribution in [0, 0.1) is 0 Å². The molecule has 0 saturated heterocycles. The van der Waals surface area contributed by atoms with E-state index in [1.54, 1.807) is 23.5 Å². The normalized spacial score (nSPS) is 11.3. The van der Waals surface area contributed by atoms with E-state index in [0.717, 1.165) is 46.1 Å². The number of nitrogens with one attached hydrogen (secondary N) is 1. The molecule has 0 aliphatic heterocycles. The van der Waals surface area contributed by atoms with Crippen molar-refractivity contribution in [2.75, 3.05) is 5.32 Å². The molecule has 30 heavy (non-hydrogen) atoms. The highest BCUT2D eigenvalue weighted by molar-refractivity contribution is 7.13. The number of hydrogen-bond donors (Lipinski definition) is 1. The fourth-order valence-electron chi connectivity index (χ4n) is 2.86. The molecule has 4 rings (SSSR count). The zero-order valence-corrected chi connectivity index (χ0v) is 16.3. The fraction of sp³-hybridized carbons (Fsp3) is 0.0435. The Labute approximate surface area is 174 Å². The molecular formula is C23H15F3N2OS. The van der Waals surface area contributed by atoms with Gasteiger partial charge in [0.15, 0.2) is 0 Å². The molecule has 7 heteroatoms. The molecule has 0 unspecified atom stereocenters. The molecule has 3 nitrogen and oxygen atoms in total. The summed E-state index contributed by atoms with van der Waals surface area (Å²) in [6.45, 7) is 0. The highest BCUT2D eigenvalue weighted by Crippen LogP contribution is 2.30. The molecule has 3 aromatic carbocycles. The minimum atomic E-state index is -4.43. The topological polar surface area (TPSA) is 42.0 Å². The summed E-state index contributed by atoms with van der Waals surface area (Å²) in [6.07, 6.45) is -4.43. The summed E-state index contributed by atoms with van der Waals surface area (Å²) in [5, 5.41) is 5.58. The Balaban J connectivity index is 1.45. The molecule has 0 saturated carbocycles. The third-order valence-electron chi connectivity index (χ3n) is 4.44. The molecule has 0 aliphatic carbocycles. The van der Waals surface area contributed by atoms with Crippen LogP contribution in [0.15, 0.2) is 84.2 Å². The first kappa shape index (κ1) is 19.8. The van der Waals surface area contributed by atoms with Gasteiger partial charge in [-0.2, -0.15) is 13.2 Å². The molecule has 1 heterocycles. The van der Waals surface area contributed by atoms with E-state index in [4.69, 9.17) is 0 Å². The lowest BCUT2D eigenvalue weighted by molar-refractivity contribution is -0.137. The third kappa shape index (κ3) is 4.41. The van der Waals surface area contributed by atoms with Gasteiger partial charge < -0.3 is 5.32 Å². The first-order chi connectivity index (χ1) is 14.4. The van der Waals surface area contributed by atoms with Gasteiger partial charge in [-0.3, -0.25) is 4.79 Å². The Bertz CT molecular complexity index is 1150. The summed E-state index contributed by atoms with van der Waals surface area (Å²) in [7, 11) is 0. The predicted molar refractivity (Wildman–Crippen MR) is 112 cm³/mol. The van der Waals surface area contributed by atoms with Gasteiger partial charge >= 0.3 is 6.18 Å². The third-order valence-corrected chi connectivity index (χ3v) is 5.33. The highest BCUT2D eigenvalue weighted by atomic mass is 32.1. The van der Waals surface area contributed by atoms with Crippen LogP contribution in [0.4, 0.5) is 18.9 Å². The van der Waals surface area contributed by atoms with Gasteiger partial charge in [0.25, 0.3) is 5.91 Å². The zero-order chi connectivity index (χ0) is 21.1. The van der Waals surface area contributed by atoms with E-state index < -0.39 is 17.6 Å². The van der Waals surface area contributed by atoms with Crippen LogP contribution in [0.2, 0.25) is 0 Å². The first-order valence-corrected chi connectivity index (χ1v) is 9.88. The van der Waals surface area contributed by atoms with Crippen molar-refractivity contribution in [3.8, 4) is 21.8 Å². The molecule has 4 aromatic rings. The van der Waals surface area contributed by atoms with Gasteiger partial charge in [0.05, 0.1) is 11.3 Å². The van der Waals surface area contributed by atoms with Crippen molar-refractivity contribution < 1.29 is 18.0 Å². The van der Waals surface area contributed by atoms with Crippen LogP contribution < -0.4 is 5.32 Å². The zero-order valence-electron chi connectivity index (χ0n) is 15.5. The maximum Gasteiger partial charge on any atom is 0.416 e. The summed E-state index contributed by atoms with van der Waals surface area (Å²) in [5.74, 6) is -0.475. The second-order valence-corrected chi connectivity index (χ2v) is 7.37. The second kappa shape index (κ2) is 8.12. The molecule has 150 valence electrons. The monoisotopic (exact) mass is 424 g/mol. The Morgan fingerprint density at radius 3 is 2.13 bits per heavy atom. The van der Waals surface area contributed by atoms with Crippen LogP contribution >= 0.6 is 11.3 Å². The molecule has 1 N–H and O–H groups in total. The number of carbonyl (C=O) groups is 1. The number of amides is 1. The van der Waals surface area contributed by atoms with Gasteiger partial charge in [-0.1, -0.05) is 42.5 Å². The first-order valence-electron chi connectivity index (χ1n) is 9.00. The van der Waals surface area contributed by atoms with E-state index in [9.17, 15) is 18.0 Å². The maximum absolute atomic E-state index is 12.6. The maximum atomic E-state index is 12.6. The van der Waals surface area contributed by atoms with Crippen LogP contribution in [0.3, 0.4) is 0 Å². The van der Waals surface area contributed by atoms with Gasteiger partial charge in [-0.25, -0.2) is 4.98 Å². The van der Waals surface area contributed by atoms with Gasteiger partial charge in [-0.05, 0) is 36.4 Å². The highest BCUT2D eigenvalue weighted by Gasteiger charge is 2.30. The van der Waals surface area contributed by atoms with E-state index in [-0.39, 0.29) is 5.56 Å². The SMILES string of the molecule is O=C(Nc1ccc(-c2csc(-c3ccccc3)n2)cc1)c1ccc(C(F)(F)F)cc1. The van der Waals surface area contributed by atoms with Crippen molar-refractivity contribution in [3.63, 3.8) is 0 Å². The second-order valence-electron chi connectivity index (χ2n) is 6.51. The molecule has 0 spiro atoms. The van der Waals surface area contributed by atoms with Crippen LogP contribution in [0.25, 0.3) is 21.8 Å². The molecule has 1 aromatic heterocycles. The van der Waals surface area contributed by atoms with E-state index in [1.807, 2.05) is 47.8 Å². The average Bonchev–Trinajstić information content (AvgIpc) is 3.25. The molecule has 0 fully saturated rings. The average molecular weight is 424 g/mol. The minimum Gasteiger partial charge on any atom is -0.322 e. The molecular weight excluding hydrogens is 409 g/mol. The number of thiazole rings is 1. The number of benzene rings is 3. The number of alkyl halides is 3. The Morgan fingerprint density at radius 2 is 1.50 bits per heavy atom. The van der Waals surface area contributed by atoms with Crippen molar-refractivity contribution in [1.29, 1.82) is 0 Å². The summed E-state index contributed by atoms with van der Waals surface area (Å²) in [5.41, 5.74) is 2.69. The number of rotatable bonds is 4. The smallest absolute Gasteiger partial charge is 0.322 e. The molecule has 0 atom stereocenters. The van der Waals surface area contributed by atoms with Crippen molar-refractivity contribution in [2.24, 2.45) is 0 Å². The Morgan fingerprint density at radius 1 is 0.833 bits per heavy atom. The largest absolute Gasteiger partial charge is 0.416 e. The molecule has 0 aliphatic rings. The van der Waals surface area contributed by atoms with Crippen LogP contribution in [-0.2, 0) is 6.18 Å². The quantitative estimate of drug-likeness (QED) is 0.394. The van der Waals surface area contributed by atoms with E-state index >= 15 is 0 Å². The number of aromatic nitrogens is 1. The number of nitrogens with zero attached hydrogens (tertiary/aromatic N) is 1. The molecule has 0 bridgehead atoms.